The topological polar surface area (TPSA) is 92.6 Å². The molecule has 0 unspecified atom stereocenters. The maximum atomic E-state index is 15.3. The quantitative estimate of drug-likeness (QED) is 0.253. The number of carbonyl (C=O) groups is 2. The Morgan fingerprint density at radius 3 is 2.52 bits per heavy atom. The number of rotatable bonds is 8. The van der Waals surface area contributed by atoms with Crippen molar-refractivity contribution >= 4 is 40.5 Å². The highest BCUT2D eigenvalue weighted by atomic mass is 32.1. The van der Waals surface area contributed by atoms with Gasteiger partial charge in [0, 0.05) is 18.3 Å². The van der Waals surface area contributed by atoms with Crippen LogP contribution in [-0.4, -0.2) is 58.5 Å². The summed E-state index contributed by atoms with van der Waals surface area (Å²) in [5.41, 5.74) is -3.49. The smallest absolute Gasteiger partial charge is 0.352 e. The van der Waals surface area contributed by atoms with Gasteiger partial charge < -0.3 is 15.1 Å². The molecular weight excluding hydrogens is 572 g/mol. The number of thiocarbonyl (C=S) groups is 1. The average Bonchev–Trinajstić information content (AvgIpc) is 3.54. The number of nitrogens with zero attached hydrogens (tertiary/aromatic N) is 5. The number of nitrogens with one attached hydrogen (secondary N) is 1. The van der Waals surface area contributed by atoms with Gasteiger partial charge in [0.05, 0.1) is 23.0 Å². The minimum atomic E-state index is -4.88. The van der Waals surface area contributed by atoms with E-state index >= 15 is 4.39 Å². The number of carbonyl (C=O) groups excluding carboxylic acids is 2. The zero-order valence-corrected chi connectivity index (χ0v) is 23.8. The first-order valence-electron chi connectivity index (χ1n) is 13.9. The van der Waals surface area contributed by atoms with E-state index in [0.717, 1.165) is 30.1 Å². The van der Waals surface area contributed by atoms with Crippen LogP contribution >= 0.6 is 12.2 Å². The van der Waals surface area contributed by atoms with E-state index in [1.165, 1.54) is 48.8 Å². The van der Waals surface area contributed by atoms with Crippen LogP contribution in [0.25, 0.3) is 0 Å². The van der Waals surface area contributed by atoms with Crippen LogP contribution in [0.4, 0.5) is 28.9 Å². The molecule has 5 rings (SSSR count). The van der Waals surface area contributed by atoms with Crippen molar-refractivity contribution in [3.05, 3.63) is 53.1 Å². The van der Waals surface area contributed by atoms with Gasteiger partial charge in [0.15, 0.2) is 10.8 Å². The van der Waals surface area contributed by atoms with Crippen LogP contribution in [0.15, 0.2) is 30.5 Å². The first-order chi connectivity index (χ1) is 20.0. The molecule has 2 amide bonds. The van der Waals surface area contributed by atoms with Crippen molar-refractivity contribution in [1.29, 1.82) is 5.26 Å². The van der Waals surface area contributed by atoms with E-state index in [0.29, 0.717) is 37.9 Å². The molecule has 13 heteroatoms. The zero-order chi connectivity index (χ0) is 30.2. The maximum Gasteiger partial charge on any atom is 0.419 e. The Morgan fingerprint density at radius 2 is 1.93 bits per heavy atom. The summed E-state index contributed by atoms with van der Waals surface area (Å²) in [4.78, 5) is 34.7. The predicted molar refractivity (Wildman–Crippen MR) is 151 cm³/mol. The van der Waals surface area contributed by atoms with Crippen molar-refractivity contribution in [2.75, 3.05) is 29.9 Å². The molecule has 1 aromatic carbocycles. The molecule has 3 aliphatic rings. The summed E-state index contributed by atoms with van der Waals surface area (Å²) in [6.45, 7) is 1.21. The van der Waals surface area contributed by atoms with Crippen molar-refractivity contribution in [2.45, 2.75) is 69.1 Å². The van der Waals surface area contributed by atoms with Gasteiger partial charge in [-0.05, 0) is 88.6 Å². The molecule has 2 heterocycles. The van der Waals surface area contributed by atoms with Crippen molar-refractivity contribution < 1.29 is 27.2 Å². The lowest BCUT2D eigenvalue weighted by Gasteiger charge is -2.43. The van der Waals surface area contributed by atoms with Gasteiger partial charge in [-0.25, -0.2) is 9.37 Å². The molecular formula is C29H30F4N6O2S. The second-order valence-electron chi connectivity index (χ2n) is 11.0. The fourth-order valence-electron chi connectivity index (χ4n) is 6.07. The van der Waals surface area contributed by atoms with Crippen LogP contribution in [-0.2, 0) is 11.0 Å². The molecule has 1 aliphatic heterocycles. The third-order valence-corrected chi connectivity index (χ3v) is 8.88. The fraction of sp³-hybridized carbons (Fsp3) is 0.483. The van der Waals surface area contributed by atoms with Crippen LogP contribution in [0.2, 0.25) is 0 Å². The third kappa shape index (κ3) is 5.33. The molecule has 3 fully saturated rings. The molecule has 2 aliphatic carbocycles. The summed E-state index contributed by atoms with van der Waals surface area (Å²) in [6, 6.07) is 6.57. The number of hydrogen-bond donors (Lipinski definition) is 1. The normalized spacial score (nSPS) is 18.6. The number of alkyl halides is 3. The summed E-state index contributed by atoms with van der Waals surface area (Å²) >= 11 is 5.56. The van der Waals surface area contributed by atoms with E-state index in [1.807, 2.05) is 0 Å². The zero-order valence-electron chi connectivity index (χ0n) is 23.0. The molecule has 8 nitrogen and oxygen atoms in total. The highest BCUT2D eigenvalue weighted by Gasteiger charge is 2.60. The lowest BCUT2D eigenvalue weighted by Crippen LogP contribution is -2.55. The van der Waals surface area contributed by atoms with E-state index in [4.69, 9.17) is 17.5 Å². The Labute approximate surface area is 246 Å². The van der Waals surface area contributed by atoms with E-state index in [-0.39, 0.29) is 22.1 Å². The minimum absolute atomic E-state index is 0.137. The van der Waals surface area contributed by atoms with E-state index < -0.39 is 40.6 Å². The van der Waals surface area contributed by atoms with Crippen molar-refractivity contribution in [3.63, 3.8) is 0 Å². The van der Waals surface area contributed by atoms with Gasteiger partial charge in [0.2, 0.25) is 0 Å². The van der Waals surface area contributed by atoms with E-state index in [9.17, 15) is 22.8 Å². The number of aromatic nitrogens is 1. The van der Waals surface area contributed by atoms with Gasteiger partial charge in [-0.2, -0.15) is 18.4 Å². The van der Waals surface area contributed by atoms with Gasteiger partial charge in [-0.3, -0.25) is 14.5 Å². The predicted octanol–water partition coefficient (Wildman–Crippen LogP) is 5.17. The third-order valence-electron chi connectivity index (χ3n) is 8.51. The van der Waals surface area contributed by atoms with Crippen molar-refractivity contribution in [2.24, 2.45) is 0 Å². The highest BCUT2D eigenvalue weighted by molar-refractivity contribution is 7.81. The fourth-order valence-corrected chi connectivity index (χ4v) is 6.54. The van der Waals surface area contributed by atoms with Crippen molar-refractivity contribution in [3.8, 4) is 6.07 Å². The molecule has 1 spiro atoms. The number of anilines is 2. The molecule has 1 aromatic heterocycles. The first-order valence-corrected chi connectivity index (χ1v) is 14.3. The Balaban J connectivity index is 1.33. The van der Waals surface area contributed by atoms with Gasteiger partial charge in [0.25, 0.3) is 11.8 Å². The summed E-state index contributed by atoms with van der Waals surface area (Å²) < 4.78 is 56.1. The van der Waals surface area contributed by atoms with E-state index in [1.54, 1.807) is 0 Å². The largest absolute Gasteiger partial charge is 0.419 e. The minimum Gasteiger partial charge on any atom is -0.352 e. The van der Waals surface area contributed by atoms with Crippen LogP contribution < -0.4 is 15.1 Å². The molecule has 42 heavy (non-hydrogen) atoms. The van der Waals surface area contributed by atoms with Crippen molar-refractivity contribution in [1.82, 2.24) is 15.2 Å². The average molecular weight is 603 g/mol. The Hall–Kier alpha value is -3.63. The summed E-state index contributed by atoms with van der Waals surface area (Å²) in [6.07, 6.45) is 3.07. The van der Waals surface area contributed by atoms with E-state index in [2.05, 4.69) is 22.2 Å². The number of amides is 2. The molecule has 1 N–H and O–H groups in total. The second kappa shape index (κ2) is 11.6. The Bertz CT molecular complexity index is 1450. The molecule has 1 saturated heterocycles. The number of benzene rings is 1. The monoisotopic (exact) mass is 602 g/mol. The second-order valence-corrected chi connectivity index (χ2v) is 11.4. The molecule has 222 valence electrons. The molecule has 0 radical (unpaired) electrons. The lowest BCUT2D eigenvalue weighted by molar-refractivity contribution is -0.138. The van der Waals surface area contributed by atoms with Crippen LogP contribution in [0.5, 0.6) is 0 Å². The standard InChI is InChI=1S/C29H30F4N6O2S/c1-37(18-6-2-3-7-18)13-5-12-35-25(40)21-9-8-19(15-23(21)30)39-27(42)38(26(41)28(39)10-4-11-28)20-14-22(29(31,32)33)24(16-34)36-17-20/h8-9,14-15,17-18H,2-7,10-13H2,1H3,(H,35,40). The van der Waals surface area contributed by atoms with Gasteiger partial charge in [-0.15, -0.1) is 0 Å². The van der Waals surface area contributed by atoms with Gasteiger partial charge >= 0.3 is 6.18 Å². The Morgan fingerprint density at radius 1 is 1.21 bits per heavy atom. The molecule has 2 aromatic rings. The molecule has 0 atom stereocenters. The van der Waals surface area contributed by atoms with Gasteiger partial charge in [0.1, 0.15) is 17.4 Å². The highest BCUT2D eigenvalue weighted by Crippen LogP contribution is 2.48. The summed E-state index contributed by atoms with van der Waals surface area (Å²) in [5, 5.41) is 11.7. The maximum absolute atomic E-state index is 15.3. The summed E-state index contributed by atoms with van der Waals surface area (Å²) in [5.74, 6) is -1.93. The molecule has 2 saturated carbocycles. The lowest BCUT2D eigenvalue weighted by atomic mass is 9.75. The Kier molecular flexibility index (Phi) is 8.22. The first kappa shape index (κ1) is 29.8. The summed E-state index contributed by atoms with van der Waals surface area (Å²) in [7, 11) is 2.08. The van der Waals surface area contributed by atoms with Crippen LogP contribution in [0.1, 0.15) is 73.0 Å². The van der Waals surface area contributed by atoms with Gasteiger partial charge in [-0.1, -0.05) is 12.8 Å². The number of halogens is 4. The number of nitriles is 1. The number of hydrogen-bond acceptors (Lipinski definition) is 6. The SMILES string of the molecule is CN(CCCNC(=O)c1ccc(N2C(=S)N(c3cnc(C#N)c(C(F)(F)F)c3)C(=O)C23CCC3)cc1F)C1CCCC1. The molecule has 0 bridgehead atoms. The van der Waals surface area contributed by atoms with Crippen LogP contribution in [0.3, 0.4) is 0 Å². The number of pyridine rings is 1. The van der Waals surface area contributed by atoms with Crippen LogP contribution in [0, 0.1) is 17.1 Å².